The Hall–Kier alpha value is -0.900. The van der Waals surface area contributed by atoms with Crippen molar-refractivity contribution in [3.63, 3.8) is 0 Å². The second-order valence-corrected chi connectivity index (χ2v) is 7.34. The number of hydrogen-bond donors (Lipinski definition) is 1. The van der Waals surface area contributed by atoms with Crippen molar-refractivity contribution >= 4 is 11.8 Å². The van der Waals surface area contributed by atoms with Crippen molar-refractivity contribution in [3.8, 4) is 0 Å². The number of imide groups is 1. The van der Waals surface area contributed by atoms with Gasteiger partial charge < -0.3 is 5.32 Å². The van der Waals surface area contributed by atoms with Gasteiger partial charge in [-0.15, -0.1) is 0 Å². The summed E-state index contributed by atoms with van der Waals surface area (Å²) in [7, 11) is 0. The van der Waals surface area contributed by atoms with Gasteiger partial charge in [-0.05, 0) is 56.5 Å². The van der Waals surface area contributed by atoms with E-state index in [0.717, 1.165) is 32.4 Å². The lowest BCUT2D eigenvalue weighted by Crippen LogP contribution is -2.49. The molecule has 2 aliphatic heterocycles. The maximum Gasteiger partial charge on any atom is 0.229 e. The number of rotatable bonds is 3. The maximum atomic E-state index is 12.4. The van der Waals surface area contributed by atoms with Gasteiger partial charge in [0.1, 0.15) is 0 Å². The molecule has 1 aliphatic carbocycles. The smallest absolute Gasteiger partial charge is 0.229 e. The zero-order valence-electron chi connectivity index (χ0n) is 13.0. The predicted molar refractivity (Wildman–Crippen MR) is 81.7 cm³/mol. The highest BCUT2D eigenvalue weighted by atomic mass is 16.2. The number of nitrogens with one attached hydrogen (secondary N) is 1. The number of carbonyl (C=O) groups is 2. The fourth-order valence-electron chi connectivity index (χ4n) is 4.42. The molecule has 0 unspecified atom stereocenters. The van der Waals surface area contributed by atoms with Crippen molar-refractivity contribution in [1.29, 1.82) is 0 Å². The number of piperidine rings is 2. The third-order valence-corrected chi connectivity index (χ3v) is 5.79. The standard InChI is InChI=1S/C17H28N2O2/c20-15-12-17(7-2-1-3-8-17)13-16(21)19(15)11-6-14-4-9-18-10-5-14/h14,18H,1-13H2. The second-order valence-electron chi connectivity index (χ2n) is 7.34. The molecular weight excluding hydrogens is 264 g/mol. The molecule has 1 N–H and O–H groups in total. The van der Waals surface area contributed by atoms with Gasteiger partial charge in [-0.25, -0.2) is 0 Å². The van der Waals surface area contributed by atoms with Crippen LogP contribution in [0.15, 0.2) is 0 Å². The van der Waals surface area contributed by atoms with Crippen LogP contribution in [0.4, 0.5) is 0 Å². The Bertz CT molecular complexity index is 376. The summed E-state index contributed by atoms with van der Waals surface area (Å²) in [5, 5.41) is 3.36. The van der Waals surface area contributed by atoms with E-state index < -0.39 is 0 Å². The first-order valence-electron chi connectivity index (χ1n) is 8.72. The van der Waals surface area contributed by atoms with Crippen molar-refractivity contribution in [2.75, 3.05) is 19.6 Å². The Kier molecular flexibility index (Phi) is 4.63. The van der Waals surface area contributed by atoms with Crippen molar-refractivity contribution in [2.24, 2.45) is 11.3 Å². The van der Waals surface area contributed by atoms with Crippen molar-refractivity contribution in [2.45, 2.75) is 64.2 Å². The van der Waals surface area contributed by atoms with Gasteiger partial charge in [-0.3, -0.25) is 14.5 Å². The van der Waals surface area contributed by atoms with Crippen LogP contribution in [0.3, 0.4) is 0 Å². The van der Waals surface area contributed by atoms with Crippen LogP contribution in [0.5, 0.6) is 0 Å². The van der Waals surface area contributed by atoms with Crippen molar-refractivity contribution < 1.29 is 9.59 Å². The van der Waals surface area contributed by atoms with Crippen LogP contribution in [0.2, 0.25) is 0 Å². The molecule has 0 bridgehead atoms. The maximum absolute atomic E-state index is 12.4. The van der Waals surface area contributed by atoms with Gasteiger partial charge in [0.05, 0.1) is 0 Å². The van der Waals surface area contributed by atoms with Gasteiger partial charge in [0.25, 0.3) is 0 Å². The number of hydrogen-bond acceptors (Lipinski definition) is 3. The van der Waals surface area contributed by atoms with Gasteiger partial charge in [0.2, 0.25) is 11.8 Å². The third-order valence-electron chi connectivity index (χ3n) is 5.79. The summed E-state index contributed by atoms with van der Waals surface area (Å²) in [6.07, 6.45) is 10.4. The molecule has 0 aromatic heterocycles. The average molecular weight is 292 g/mol. The van der Waals surface area contributed by atoms with Gasteiger partial charge in [0.15, 0.2) is 0 Å². The molecule has 3 aliphatic rings. The fourth-order valence-corrected chi connectivity index (χ4v) is 4.42. The molecule has 2 saturated heterocycles. The highest BCUT2D eigenvalue weighted by Crippen LogP contribution is 2.45. The first-order valence-corrected chi connectivity index (χ1v) is 8.72. The van der Waals surface area contributed by atoms with Crippen LogP contribution >= 0.6 is 0 Å². The lowest BCUT2D eigenvalue weighted by atomic mass is 9.67. The first-order chi connectivity index (χ1) is 10.2. The van der Waals surface area contributed by atoms with Gasteiger partial charge in [0, 0.05) is 19.4 Å². The van der Waals surface area contributed by atoms with E-state index in [1.807, 2.05) is 0 Å². The molecule has 2 heterocycles. The topological polar surface area (TPSA) is 49.4 Å². The number of carbonyl (C=O) groups excluding carboxylic acids is 2. The van der Waals surface area contributed by atoms with E-state index in [1.165, 1.54) is 32.1 Å². The van der Waals surface area contributed by atoms with Crippen LogP contribution < -0.4 is 5.32 Å². The number of amides is 2. The second kappa shape index (κ2) is 6.47. The normalized spacial score (nSPS) is 27.3. The average Bonchev–Trinajstić information content (AvgIpc) is 2.48. The van der Waals surface area contributed by atoms with Crippen molar-refractivity contribution in [3.05, 3.63) is 0 Å². The Morgan fingerprint density at radius 2 is 1.62 bits per heavy atom. The Balaban J connectivity index is 1.54. The summed E-state index contributed by atoms with van der Waals surface area (Å²) in [4.78, 5) is 26.5. The SMILES string of the molecule is O=C1CC2(CCCCC2)CC(=O)N1CCC1CCNCC1. The lowest BCUT2D eigenvalue weighted by Gasteiger charge is -2.42. The summed E-state index contributed by atoms with van der Waals surface area (Å²) >= 11 is 0. The molecule has 1 saturated carbocycles. The number of nitrogens with zero attached hydrogens (tertiary/aromatic N) is 1. The summed E-state index contributed by atoms with van der Waals surface area (Å²) < 4.78 is 0. The van der Waals surface area contributed by atoms with Gasteiger partial charge in [-0.2, -0.15) is 0 Å². The van der Waals surface area contributed by atoms with E-state index in [0.29, 0.717) is 25.3 Å². The van der Waals surface area contributed by atoms with Crippen LogP contribution in [0, 0.1) is 11.3 Å². The van der Waals surface area contributed by atoms with Crippen LogP contribution in [-0.4, -0.2) is 36.3 Å². The zero-order valence-corrected chi connectivity index (χ0v) is 13.0. The highest BCUT2D eigenvalue weighted by molar-refractivity contribution is 5.98. The summed E-state index contributed by atoms with van der Waals surface area (Å²) in [6, 6.07) is 0. The summed E-state index contributed by atoms with van der Waals surface area (Å²) in [5.74, 6) is 0.876. The highest BCUT2D eigenvalue weighted by Gasteiger charge is 2.43. The van der Waals surface area contributed by atoms with Crippen LogP contribution in [0.25, 0.3) is 0 Å². The minimum Gasteiger partial charge on any atom is -0.317 e. The van der Waals surface area contributed by atoms with E-state index in [9.17, 15) is 9.59 Å². The zero-order chi connectivity index (χ0) is 14.7. The minimum absolute atomic E-state index is 0.0255. The fraction of sp³-hybridized carbons (Fsp3) is 0.882. The number of likely N-dealkylation sites (tertiary alicyclic amines) is 1. The van der Waals surface area contributed by atoms with E-state index >= 15 is 0 Å². The summed E-state index contributed by atoms with van der Waals surface area (Å²) in [6.45, 7) is 2.81. The third kappa shape index (κ3) is 3.47. The van der Waals surface area contributed by atoms with Gasteiger partial charge >= 0.3 is 0 Å². The minimum atomic E-state index is 0.0255. The Labute approximate surface area is 127 Å². The molecule has 1 spiro atoms. The quantitative estimate of drug-likeness (QED) is 0.813. The molecular formula is C17H28N2O2. The van der Waals surface area contributed by atoms with Gasteiger partial charge in [-0.1, -0.05) is 19.3 Å². The monoisotopic (exact) mass is 292 g/mol. The summed E-state index contributed by atoms with van der Waals surface area (Å²) in [5.41, 5.74) is 0.0255. The molecule has 3 rings (SSSR count). The molecule has 2 amide bonds. The molecule has 0 atom stereocenters. The molecule has 3 fully saturated rings. The molecule has 21 heavy (non-hydrogen) atoms. The Morgan fingerprint density at radius 1 is 1.00 bits per heavy atom. The first kappa shape index (κ1) is 15.0. The molecule has 4 heteroatoms. The van der Waals surface area contributed by atoms with E-state index in [1.54, 1.807) is 4.90 Å². The largest absolute Gasteiger partial charge is 0.317 e. The van der Waals surface area contributed by atoms with E-state index in [4.69, 9.17) is 0 Å². The van der Waals surface area contributed by atoms with E-state index in [2.05, 4.69) is 5.32 Å². The molecule has 118 valence electrons. The molecule has 0 radical (unpaired) electrons. The molecule has 4 nitrogen and oxygen atoms in total. The lowest BCUT2D eigenvalue weighted by molar-refractivity contribution is -0.154. The van der Waals surface area contributed by atoms with Crippen LogP contribution in [-0.2, 0) is 9.59 Å². The predicted octanol–water partition coefficient (Wildman–Crippen LogP) is 2.48. The van der Waals surface area contributed by atoms with E-state index in [-0.39, 0.29) is 17.2 Å². The molecule has 0 aromatic carbocycles. The Morgan fingerprint density at radius 3 is 2.24 bits per heavy atom. The van der Waals surface area contributed by atoms with Crippen LogP contribution in [0.1, 0.15) is 64.2 Å². The molecule has 0 aromatic rings. The van der Waals surface area contributed by atoms with Crippen molar-refractivity contribution in [1.82, 2.24) is 10.2 Å².